The Balaban J connectivity index is 1.73. The number of nitrogens with one attached hydrogen (secondary N) is 1. The van der Waals surface area contributed by atoms with Crippen LogP contribution in [0.1, 0.15) is 38.5 Å². The largest absolute Gasteiger partial charge is 0.396 e. The highest BCUT2D eigenvalue weighted by atomic mass is 16.3. The Hall–Kier alpha value is -0.610. The molecule has 0 bridgehead atoms. The first-order valence-corrected chi connectivity index (χ1v) is 6.82. The lowest BCUT2D eigenvalue weighted by molar-refractivity contribution is -0.129. The van der Waals surface area contributed by atoms with Gasteiger partial charge in [0.2, 0.25) is 5.91 Å². The monoisotopic (exact) mass is 240 g/mol. The maximum Gasteiger partial charge on any atom is 0.236 e. The number of amides is 1. The minimum atomic E-state index is 0.190. The first-order valence-electron chi connectivity index (χ1n) is 6.82. The summed E-state index contributed by atoms with van der Waals surface area (Å²) in [4.78, 5) is 13.7. The first kappa shape index (κ1) is 12.8. The molecule has 1 amide bonds. The molecule has 17 heavy (non-hydrogen) atoms. The van der Waals surface area contributed by atoms with Crippen molar-refractivity contribution in [1.29, 1.82) is 0 Å². The smallest absolute Gasteiger partial charge is 0.236 e. The van der Waals surface area contributed by atoms with E-state index in [2.05, 4.69) is 5.32 Å². The standard InChI is InChI=1S/C13H24N2O2/c1-15(11-6-7-11)13(17)8-14-12-5-3-2-4-10(12)9-16/h10-12,14,16H,2-9H2,1H3. The number of nitrogens with zero attached hydrogens (tertiary/aromatic N) is 1. The van der Waals surface area contributed by atoms with Crippen LogP contribution in [0.3, 0.4) is 0 Å². The van der Waals surface area contributed by atoms with Crippen LogP contribution in [-0.2, 0) is 4.79 Å². The highest BCUT2D eigenvalue weighted by Gasteiger charge is 2.30. The lowest BCUT2D eigenvalue weighted by Crippen LogP contribution is -2.45. The molecule has 0 saturated heterocycles. The number of hydrogen-bond acceptors (Lipinski definition) is 3. The summed E-state index contributed by atoms with van der Waals surface area (Å²) in [7, 11) is 1.89. The summed E-state index contributed by atoms with van der Waals surface area (Å²) >= 11 is 0. The third-order valence-corrected chi connectivity index (χ3v) is 4.15. The van der Waals surface area contributed by atoms with E-state index in [0.29, 0.717) is 24.5 Å². The predicted octanol–water partition coefficient (Wildman–Crippen LogP) is 0.748. The van der Waals surface area contributed by atoms with E-state index < -0.39 is 0 Å². The summed E-state index contributed by atoms with van der Waals surface area (Å²) in [6.07, 6.45) is 6.91. The van der Waals surface area contributed by atoms with Crippen LogP contribution in [0.4, 0.5) is 0 Å². The van der Waals surface area contributed by atoms with Gasteiger partial charge in [-0.05, 0) is 31.6 Å². The van der Waals surface area contributed by atoms with Gasteiger partial charge in [0, 0.05) is 25.7 Å². The fourth-order valence-electron chi connectivity index (χ4n) is 2.70. The van der Waals surface area contributed by atoms with Crippen molar-refractivity contribution in [2.45, 2.75) is 50.6 Å². The highest BCUT2D eigenvalue weighted by molar-refractivity contribution is 5.78. The molecule has 0 heterocycles. The minimum Gasteiger partial charge on any atom is -0.396 e. The molecule has 0 aromatic carbocycles. The van der Waals surface area contributed by atoms with Gasteiger partial charge < -0.3 is 15.3 Å². The van der Waals surface area contributed by atoms with Gasteiger partial charge in [-0.2, -0.15) is 0 Å². The third-order valence-electron chi connectivity index (χ3n) is 4.15. The van der Waals surface area contributed by atoms with Gasteiger partial charge in [-0.15, -0.1) is 0 Å². The Morgan fingerprint density at radius 1 is 1.29 bits per heavy atom. The van der Waals surface area contributed by atoms with Crippen molar-refractivity contribution in [2.24, 2.45) is 5.92 Å². The van der Waals surface area contributed by atoms with Gasteiger partial charge in [0.05, 0.1) is 6.54 Å². The van der Waals surface area contributed by atoms with Crippen LogP contribution in [0.25, 0.3) is 0 Å². The molecule has 2 atom stereocenters. The second kappa shape index (κ2) is 5.83. The summed E-state index contributed by atoms with van der Waals surface area (Å²) < 4.78 is 0. The molecule has 98 valence electrons. The summed E-state index contributed by atoms with van der Waals surface area (Å²) in [6.45, 7) is 0.665. The molecule has 0 aromatic rings. The number of aliphatic hydroxyl groups is 1. The maximum atomic E-state index is 11.9. The second-order valence-corrected chi connectivity index (χ2v) is 5.45. The number of aliphatic hydroxyl groups excluding tert-OH is 1. The molecular weight excluding hydrogens is 216 g/mol. The molecule has 2 rings (SSSR count). The van der Waals surface area contributed by atoms with Crippen molar-refractivity contribution in [3.8, 4) is 0 Å². The number of likely N-dealkylation sites (N-methyl/N-ethyl adjacent to an activating group) is 1. The molecule has 2 fully saturated rings. The van der Waals surface area contributed by atoms with Crippen LogP contribution in [0.15, 0.2) is 0 Å². The van der Waals surface area contributed by atoms with Gasteiger partial charge >= 0.3 is 0 Å². The lowest BCUT2D eigenvalue weighted by atomic mass is 9.85. The molecule has 4 nitrogen and oxygen atoms in total. The molecule has 2 aliphatic rings. The molecule has 0 radical (unpaired) electrons. The molecule has 2 unspecified atom stereocenters. The number of rotatable bonds is 5. The van der Waals surface area contributed by atoms with Crippen molar-refractivity contribution in [3.63, 3.8) is 0 Å². The van der Waals surface area contributed by atoms with Crippen molar-refractivity contribution in [1.82, 2.24) is 10.2 Å². The van der Waals surface area contributed by atoms with Gasteiger partial charge in [-0.3, -0.25) is 4.79 Å². The van der Waals surface area contributed by atoms with Crippen molar-refractivity contribution >= 4 is 5.91 Å². The van der Waals surface area contributed by atoms with Crippen LogP contribution in [0, 0.1) is 5.92 Å². The fraction of sp³-hybridized carbons (Fsp3) is 0.923. The lowest BCUT2D eigenvalue weighted by Gasteiger charge is -2.31. The topological polar surface area (TPSA) is 52.6 Å². The summed E-state index contributed by atoms with van der Waals surface area (Å²) in [5.74, 6) is 0.526. The Morgan fingerprint density at radius 3 is 2.65 bits per heavy atom. The highest BCUT2D eigenvalue weighted by Crippen LogP contribution is 2.26. The van der Waals surface area contributed by atoms with Gasteiger partial charge in [-0.1, -0.05) is 12.8 Å². The zero-order valence-electron chi connectivity index (χ0n) is 10.7. The summed E-state index contributed by atoms with van der Waals surface area (Å²) in [5.41, 5.74) is 0. The average Bonchev–Trinajstić information content (AvgIpc) is 3.19. The average molecular weight is 240 g/mol. The predicted molar refractivity (Wildman–Crippen MR) is 66.6 cm³/mol. The Labute approximate surface area is 103 Å². The van der Waals surface area contributed by atoms with E-state index in [4.69, 9.17) is 0 Å². The van der Waals surface area contributed by atoms with Crippen LogP contribution < -0.4 is 5.32 Å². The van der Waals surface area contributed by atoms with Crippen molar-refractivity contribution in [3.05, 3.63) is 0 Å². The molecular formula is C13H24N2O2. The van der Waals surface area contributed by atoms with Crippen molar-refractivity contribution in [2.75, 3.05) is 20.2 Å². The fourth-order valence-corrected chi connectivity index (χ4v) is 2.70. The zero-order valence-corrected chi connectivity index (χ0v) is 10.7. The van der Waals surface area contributed by atoms with Crippen LogP contribution in [0.2, 0.25) is 0 Å². The van der Waals surface area contributed by atoms with Gasteiger partial charge in [0.1, 0.15) is 0 Å². The normalized spacial score (nSPS) is 29.1. The number of carbonyl (C=O) groups excluding carboxylic acids is 1. The van der Waals surface area contributed by atoms with E-state index in [0.717, 1.165) is 25.7 Å². The van der Waals surface area contributed by atoms with Crippen molar-refractivity contribution < 1.29 is 9.90 Å². The molecule has 0 spiro atoms. The quantitative estimate of drug-likeness (QED) is 0.745. The summed E-state index contributed by atoms with van der Waals surface area (Å²) in [5, 5.41) is 12.6. The van der Waals surface area contributed by atoms with E-state index in [1.54, 1.807) is 0 Å². The third kappa shape index (κ3) is 3.42. The first-order chi connectivity index (χ1) is 8.22. The molecule has 2 N–H and O–H groups in total. The van der Waals surface area contributed by atoms with E-state index >= 15 is 0 Å². The van der Waals surface area contributed by atoms with E-state index in [1.807, 2.05) is 11.9 Å². The Bertz CT molecular complexity index is 266. The zero-order chi connectivity index (χ0) is 12.3. The second-order valence-electron chi connectivity index (χ2n) is 5.45. The molecule has 2 aliphatic carbocycles. The Morgan fingerprint density at radius 2 is 2.00 bits per heavy atom. The molecule has 0 aliphatic heterocycles. The molecule has 4 heteroatoms. The minimum absolute atomic E-state index is 0.190. The molecule has 0 aromatic heterocycles. The Kier molecular flexibility index (Phi) is 4.40. The van der Waals surface area contributed by atoms with Crippen LogP contribution in [-0.4, -0.2) is 48.2 Å². The van der Waals surface area contributed by atoms with E-state index in [-0.39, 0.29) is 12.5 Å². The van der Waals surface area contributed by atoms with Gasteiger partial charge in [0.25, 0.3) is 0 Å². The van der Waals surface area contributed by atoms with Gasteiger partial charge in [0.15, 0.2) is 0 Å². The van der Waals surface area contributed by atoms with Gasteiger partial charge in [-0.25, -0.2) is 0 Å². The molecule has 2 saturated carbocycles. The number of carbonyl (C=O) groups is 1. The summed E-state index contributed by atoms with van der Waals surface area (Å²) in [6, 6.07) is 0.814. The van der Waals surface area contributed by atoms with Crippen LogP contribution in [0.5, 0.6) is 0 Å². The SMILES string of the molecule is CN(C(=O)CNC1CCCCC1CO)C1CC1. The number of hydrogen-bond donors (Lipinski definition) is 2. The van der Waals surface area contributed by atoms with E-state index in [9.17, 15) is 9.90 Å². The van der Waals surface area contributed by atoms with E-state index in [1.165, 1.54) is 12.8 Å². The maximum absolute atomic E-state index is 11.9. The van der Waals surface area contributed by atoms with Crippen LogP contribution >= 0.6 is 0 Å².